The maximum absolute atomic E-state index is 13.8. The first kappa shape index (κ1) is 25.8. The van der Waals surface area contributed by atoms with E-state index in [1.54, 1.807) is 0 Å². The second-order valence-electron chi connectivity index (χ2n) is 11.1. The number of aliphatic hydroxyl groups excluding tert-OH is 1. The van der Waals surface area contributed by atoms with Gasteiger partial charge in [0.25, 0.3) is 5.91 Å². The first-order chi connectivity index (χ1) is 18.4. The summed E-state index contributed by atoms with van der Waals surface area (Å²) in [7, 11) is 1.47. The third-order valence-corrected chi connectivity index (χ3v) is 9.09. The Hall–Kier alpha value is -3.47. The molecule has 0 saturated carbocycles. The molecule has 208 valence electrons. The molecule has 0 radical (unpaired) electrons. The molecule has 6 rings (SSSR count). The average Bonchev–Trinajstić information content (AvgIpc) is 3.60. The van der Waals surface area contributed by atoms with E-state index in [-0.39, 0.29) is 79.0 Å². The number of primary amides is 1. The van der Waals surface area contributed by atoms with Crippen LogP contribution < -0.4 is 10.5 Å². The van der Waals surface area contributed by atoms with Crippen LogP contribution in [0.2, 0.25) is 0 Å². The van der Waals surface area contributed by atoms with Crippen molar-refractivity contribution in [2.45, 2.75) is 50.4 Å². The number of ether oxygens (including phenoxy) is 2. The fraction of sp³-hybridized carbons (Fsp3) is 0.500. The Kier molecular flexibility index (Phi) is 5.63. The number of ketones is 1. The lowest BCUT2D eigenvalue weighted by Gasteiger charge is -2.38. The summed E-state index contributed by atoms with van der Waals surface area (Å²) in [6.45, 7) is 4.78. The molecule has 3 atom stereocenters. The summed E-state index contributed by atoms with van der Waals surface area (Å²) in [4.78, 5) is 27.7. The Labute approximate surface area is 222 Å². The van der Waals surface area contributed by atoms with Crippen LogP contribution in [0.3, 0.4) is 0 Å². The molecule has 2 fully saturated rings. The molecular formula is C28H29F3N2O6. The van der Waals surface area contributed by atoms with Crippen LogP contribution in [-0.2, 0) is 22.5 Å². The van der Waals surface area contributed by atoms with Crippen molar-refractivity contribution >= 4 is 11.7 Å². The number of phenolic OH excluding ortho intramolecular Hbond substituents is 1. The second-order valence-corrected chi connectivity index (χ2v) is 11.1. The number of aromatic hydroxyl groups is 1. The van der Waals surface area contributed by atoms with Crippen LogP contribution in [0.15, 0.2) is 40.9 Å². The molecule has 2 heterocycles. The zero-order valence-electron chi connectivity index (χ0n) is 21.4. The van der Waals surface area contributed by atoms with Crippen LogP contribution in [0.5, 0.6) is 11.5 Å². The molecule has 0 aromatic heterocycles. The molecule has 1 amide bonds. The molecule has 1 unspecified atom stereocenters. The van der Waals surface area contributed by atoms with Crippen LogP contribution >= 0.6 is 0 Å². The van der Waals surface area contributed by atoms with Gasteiger partial charge in [0.15, 0.2) is 17.1 Å². The van der Waals surface area contributed by atoms with E-state index in [0.29, 0.717) is 41.1 Å². The molecule has 2 aliphatic heterocycles. The highest BCUT2D eigenvalue weighted by Gasteiger charge is 2.69. The predicted molar refractivity (Wildman–Crippen MR) is 132 cm³/mol. The maximum atomic E-state index is 13.8. The van der Waals surface area contributed by atoms with Crippen molar-refractivity contribution in [2.24, 2.45) is 23.5 Å². The number of aliphatic hydroxyl groups is 1. The topological polar surface area (TPSA) is 126 Å². The number of epoxide rings is 1. The van der Waals surface area contributed by atoms with Gasteiger partial charge in [-0.25, -0.2) is 0 Å². The Morgan fingerprint density at radius 2 is 1.97 bits per heavy atom. The number of rotatable bonds is 4. The van der Waals surface area contributed by atoms with Gasteiger partial charge >= 0.3 is 6.18 Å². The summed E-state index contributed by atoms with van der Waals surface area (Å²) in [5.74, 6) is -2.57. The van der Waals surface area contributed by atoms with Crippen LogP contribution in [0.25, 0.3) is 0 Å². The quantitative estimate of drug-likeness (QED) is 0.490. The molecular weight excluding hydrogens is 517 g/mol. The molecule has 1 aromatic carbocycles. The van der Waals surface area contributed by atoms with E-state index < -0.39 is 29.4 Å². The zero-order valence-corrected chi connectivity index (χ0v) is 21.4. The standard InChI is InChI=1S/C28H29F3N2O6/c1-12-20(26(32)37)19(35)10-16-7-13-8-17-22(23(36)21(13)25-27(12,16)39-25)18(34)9-14(24(17)38-2)11-33-5-3-15(4-6-33)28(29,30)31/h9,13,15-16,34-35H,1,3-8,10-11H2,2H3,(H2,32,37)/t13?,16-,27-/m0/s1. The number of phenols is 1. The lowest BCUT2D eigenvalue weighted by Crippen LogP contribution is -2.41. The van der Waals surface area contributed by atoms with Gasteiger partial charge in [0.1, 0.15) is 17.3 Å². The molecule has 39 heavy (non-hydrogen) atoms. The van der Waals surface area contributed by atoms with Gasteiger partial charge in [-0.05, 0) is 50.8 Å². The number of hydrogen-bond acceptors (Lipinski definition) is 7. The summed E-state index contributed by atoms with van der Waals surface area (Å²) in [6.07, 6.45) is -3.20. The molecule has 3 aliphatic carbocycles. The number of allylic oxidation sites excluding steroid dienone is 2. The number of carbonyl (C=O) groups is 2. The number of piperidine rings is 1. The summed E-state index contributed by atoms with van der Waals surface area (Å²) < 4.78 is 51.1. The molecule has 0 bridgehead atoms. The monoisotopic (exact) mass is 546 g/mol. The van der Waals surface area contributed by atoms with Gasteiger partial charge in [-0.15, -0.1) is 0 Å². The van der Waals surface area contributed by atoms with Gasteiger partial charge in [0, 0.05) is 41.2 Å². The number of fused-ring (bicyclic) bond motifs is 2. The van der Waals surface area contributed by atoms with Crippen molar-refractivity contribution in [3.63, 3.8) is 0 Å². The van der Waals surface area contributed by atoms with E-state index in [0.717, 1.165) is 0 Å². The van der Waals surface area contributed by atoms with Gasteiger partial charge in [0.05, 0.1) is 24.2 Å². The number of alkyl halides is 3. The highest BCUT2D eigenvalue weighted by Crippen LogP contribution is 2.66. The Morgan fingerprint density at radius 3 is 2.59 bits per heavy atom. The highest BCUT2D eigenvalue weighted by atomic mass is 19.4. The Balaban J connectivity index is 1.33. The number of Topliss-reactive ketones (excluding diaryl/α,β-unsaturated/α-hetero) is 1. The fourth-order valence-corrected chi connectivity index (χ4v) is 7.23. The van der Waals surface area contributed by atoms with Crippen molar-refractivity contribution in [3.05, 3.63) is 57.6 Å². The van der Waals surface area contributed by atoms with E-state index in [9.17, 15) is 33.0 Å². The van der Waals surface area contributed by atoms with Gasteiger partial charge in [0.2, 0.25) is 0 Å². The Bertz CT molecular complexity index is 1390. The number of carbonyl (C=O) groups excluding carboxylic acids is 2. The molecule has 8 nitrogen and oxygen atoms in total. The van der Waals surface area contributed by atoms with E-state index >= 15 is 0 Å². The molecule has 5 aliphatic rings. The number of halogens is 3. The minimum Gasteiger partial charge on any atom is -0.511 e. The van der Waals surface area contributed by atoms with Crippen LogP contribution in [0.4, 0.5) is 13.2 Å². The van der Waals surface area contributed by atoms with Gasteiger partial charge in [-0.3, -0.25) is 14.5 Å². The van der Waals surface area contributed by atoms with Gasteiger partial charge in [-0.1, -0.05) is 6.58 Å². The van der Waals surface area contributed by atoms with E-state index in [2.05, 4.69) is 6.58 Å². The van der Waals surface area contributed by atoms with Crippen molar-refractivity contribution in [1.82, 2.24) is 4.90 Å². The van der Waals surface area contributed by atoms with E-state index in [1.165, 1.54) is 13.2 Å². The third kappa shape index (κ3) is 3.69. The van der Waals surface area contributed by atoms with Crippen LogP contribution in [0, 0.1) is 17.8 Å². The molecule has 4 N–H and O–H groups in total. The second kappa shape index (κ2) is 8.51. The smallest absolute Gasteiger partial charge is 0.391 e. The molecule has 1 spiro atoms. The predicted octanol–water partition coefficient (Wildman–Crippen LogP) is 3.83. The van der Waals surface area contributed by atoms with Crippen LogP contribution in [0.1, 0.15) is 47.2 Å². The normalized spacial score (nSPS) is 28.8. The SMILES string of the molecule is C=C1C(C(N)=O)=C(O)C[C@@H]2CC3Cc4c(OC)c(CN5CCC(C(F)(F)F)CC5)cc(O)c4C(=O)C3=C3O[C@]132. The largest absolute Gasteiger partial charge is 0.511 e. The number of nitrogens with zero attached hydrogens (tertiary/aromatic N) is 1. The summed E-state index contributed by atoms with van der Waals surface area (Å²) in [6, 6.07) is 1.46. The van der Waals surface area contributed by atoms with Gasteiger partial charge < -0.3 is 25.4 Å². The highest BCUT2D eigenvalue weighted by molar-refractivity contribution is 6.14. The van der Waals surface area contributed by atoms with Gasteiger partial charge in [-0.2, -0.15) is 13.2 Å². The van der Waals surface area contributed by atoms with E-state index in [4.69, 9.17) is 15.2 Å². The lowest BCUT2D eigenvalue weighted by atomic mass is 9.62. The third-order valence-electron chi connectivity index (χ3n) is 9.09. The zero-order chi connectivity index (χ0) is 28.0. The molecule has 11 heteroatoms. The Morgan fingerprint density at radius 1 is 1.28 bits per heavy atom. The van der Waals surface area contributed by atoms with Crippen molar-refractivity contribution in [1.29, 1.82) is 0 Å². The number of methoxy groups -OCH3 is 1. The average molecular weight is 547 g/mol. The summed E-state index contributed by atoms with van der Waals surface area (Å²) in [5.41, 5.74) is 6.28. The summed E-state index contributed by atoms with van der Waals surface area (Å²) in [5, 5.41) is 21.5. The number of benzene rings is 1. The first-order valence-corrected chi connectivity index (χ1v) is 13.0. The minimum atomic E-state index is -4.21. The number of amides is 1. The maximum Gasteiger partial charge on any atom is 0.391 e. The molecule has 1 aromatic rings. The lowest BCUT2D eigenvalue weighted by molar-refractivity contribution is -0.185. The fourth-order valence-electron chi connectivity index (χ4n) is 7.23. The first-order valence-electron chi connectivity index (χ1n) is 13.0. The van der Waals surface area contributed by atoms with Crippen molar-refractivity contribution in [2.75, 3.05) is 20.2 Å². The number of nitrogens with two attached hydrogens (primary N) is 1. The number of likely N-dealkylation sites (tertiary alicyclic amines) is 1. The summed E-state index contributed by atoms with van der Waals surface area (Å²) >= 11 is 0. The minimum absolute atomic E-state index is 0.00736. The van der Waals surface area contributed by atoms with Crippen molar-refractivity contribution in [3.8, 4) is 11.5 Å². The van der Waals surface area contributed by atoms with Crippen molar-refractivity contribution < 1.29 is 42.4 Å². The number of hydrogen-bond donors (Lipinski definition) is 3. The van der Waals surface area contributed by atoms with E-state index in [1.807, 2.05) is 4.90 Å². The molecule has 2 saturated heterocycles. The van der Waals surface area contributed by atoms with Crippen LogP contribution in [-0.4, -0.2) is 58.8 Å².